The molecule has 1 aliphatic heterocycles. The van der Waals surface area contributed by atoms with Gasteiger partial charge in [0, 0.05) is 5.69 Å². The van der Waals surface area contributed by atoms with Crippen molar-refractivity contribution in [2.45, 2.75) is 13.3 Å². The quantitative estimate of drug-likeness (QED) is 0.411. The van der Waals surface area contributed by atoms with Crippen LogP contribution in [0.2, 0.25) is 0 Å². The molecule has 0 atom stereocenters. The molecule has 5 nitrogen and oxygen atoms in total. The highest BCUT2D eigenvalue weighted by Crippen LogP contribution is 2.35. The van der Waals surface area contributed by atoms with E-state index >= 15 is 0 Å². The van der Waals surface area contributed by atoms with E-state index in [0.717, 1.165) is 28.7 Å². The van der Waals surface area contributed by atoms with Crippen molar-refractivity contribution in [1.29, 1.82) is 0 Å². The van der Waals surface area contributed by atoms with Crippen LogP contribution in [-0.4, -0.2) is 18.2 Å². The molecule has 0 aliphatic carbocycles. The number of hydrogen-bond donors (Lipinski definition) is 1. The van der Waals surface area contributed by atoms with Crippen molar-refractivity contribution in [2.24, 2.45) is 0 Å². The zero-order valence-corrected chi connectivity index (χ0v) is 17.1. The first-order valence-electron chi connectivity index (χ1n) is 9.71. The molecule has 0 aromatic heterocycles. The zero-order chi connectivity index (χ0) is 23.8. The Morgan fingerprint density at radius 2 is 1.48 bits per heavy atom. The average Bonchev–Trinajstić information content (AvgIpc) is 2.99. The average molecular weight is 456 g/mol. The summed E-state index contributed by atoms with van der Waals surface area (Å²) >= 11 is 0. The van der Waals surface area contributed by atoms with E-state index in [1.165, 1.54) is 30.3 Å². The second kappa shape index (κ2) is 8.42. The monoisotopic (exact) mass is 456 g/mol. The van der Waals surface area contributed by atoms with E-state index in [4.69, 9.17) is 0 Å². The van der Waals surface area contributed by atoms with Crippen LogP contribution in [-0.2, 0) is 9.59 Å². The van der Waals surface area contributed by atoms with Crippen LogP contribution in [0.5, 0.6) is 5.75 Å². The number of rotatable bonds is 5. The first-order chi connectivity index (χ1) is 15.6. The molecule has 1 aliphatic rings. The van der Waals surface area contributed by atoms with Gasteiger partial charge >= 0.3 is 6.36 Å². The van der Waals surface area contributed by atoms with Crippen LogP contribution < -0.4 is 15.0 Å². The molecule has 3 aromatic carbocycles. The molecule has 0 spiro atoms. The number of para-hydroxylation sites is 1. The maximum Gasteiger partial charge on any atom is 0.573 e. The first kappa shape index (κ1) is 22.1. The Hall–Kier alpha value is -4.14. The normalized spacial score (nSPS) is 14.2. The van der Waals surface area contributed by atoms with Crippen LogP contribution in [0, 0.1) is 12.7 Å². The third-order valence-corrected chi connectivity index (χ3v) is 4.87. The molecule has 9 heteroatoms. The van der Waals surface area contributed by atoms with Gasteiger partial charge in [-0.2, -0.15) is 0 Å². The summed E-state index contributed by atoms with van der Waals surface area (Å²) in [4.78, 5) is 27.2. The summed E-state index contributed by atoms with van der Waals surface area (Å²) in [5, 5.41) is 2.80. The summed E-state index contributed by atoms with van der Waals surface area (Å²) < 4.78 is 55.5. The number of alkyl halides is 3. The fraction of sp³-hybridized carbons (Fsp3) is 0.0833. The molecule has 0 unspecified atom stereocenters. The molecule has 0 radical (unpaired) electrons. The summed E-state index contributed by atoms with van der Waals surface area (Å²) in [5.41, 5.74) is 1.27. The molecule has 3 aromatic rings. The molecule has 4 rings (SSSR count). The second-order valence-corrected chi connectivity index (χ2v) is 7.21. The third-order valence-electron chi connectivity index (χ3n) is 4.87. The number of carbonyl (C=O) groups excluding carboxylic acids is 2. The van der Waals surface area contributed by atoms with E-state index in [9.17, 15) is 27.2 Å². The number of amides is 2. The Balaban J connectivity index is 1.74. The molecule has 0 saturated carbocycles. The van der Waals surface area contributed by atoms with Crippen LogP contribution in [0.25, 0.3) is 5.57 Å². The summed E-state index contributed by atoms with van der Waals surface area (Å²) in [5.74, 6) is -2.72. The summed E-state index contributed by atoms with van der Waals surface area (Å²) in [6, 6.07) is 16.9. The molecular weight excluding hydrogens is 440 g/mol. The van der Waals surface area contributed by atoms with Gasteiger partial charge in [-0.25, -0.2) is 9.29 Å². The standard InChI is InChI=1S/C24H16F4N2O3/c1-14-6-8-15(9-7-14)20-21(29-16-10-12-17(13-11-16)33-24(26,27)28)23(32)30(22(20)31)19-5-3-2-4-18(19)25/h2-13,29H,1H3. The topological polar surface area (TPSA) is 58.6 Å². The van der Waals surface area contributed by atoms with Crippen molar-refractivity contribution in [2.75, 3.05) is 10.2 Å². The third kappa shape index (κ3) is 4.57. The summed E-state index contributed by atoms with van der Waals surface area (Å²) in [6.45, 7) is 1.86. The van der Waals surface area contributed by atoms with E-state index in [2.05, 4.69) is 10.1 Å². The Bertz CT molecular complexity index is 1250. The maximum atomic E-state index is 14.4. The van der Waals surface area contributed by atoms with E-state index in [0.29, 0.717) is 5.56 Å². The Labute approximate surface area is 185 Å². The fourth-order valence-corrected chi connectivity index (χ4v) is 3.37. The van der Waals surface area contributed by atoms with Crippen LogP contribution >= 0.6 is 0 Å². The van der Waals surface area contributed by atoms with Gasteiger partial charge in [-0.1, -0.05) is 42.0 Å². The predicted molar refractivity (Wildman–Crippen MR) is 114 cm³/mol. The van der Waals surface area contributed by atoms with Gasteiger partial charge in [0.1, 0.15) is 17.3 Å². The van der Waals surface area contributed by atoms with E-state index in [1.54, 1.807) is 24.3 Å². The maximum absolute atomic E-state index is 14.4. The highest BCUT2D eigenvalue weighted by atomic mass is 19.4. The predicted octanol–water partition coefficient (Wildman–Crippen LogP) is 5.43. The number of hydrogen-bond acceptors (Lipinski definition) is 4. The number of halogens is 4. The van der Waals surface area contributed by atoms with Crippen LogP contribution in [0.4, 0.5) is 28.9 Å². The molecular formula is C24H16F4N2O3. The van der Waals surface area contributed by atoms with Crippen molar-refractivity contribution in [1.82, 2.24) is 0 Å². The summed E-state index contributed by atoms with van der Waals surface area (Å²) in [6.07, 6.45) is -4.84. The van der Waals surface area contributed by atoms with Gasteiger partial charge in [0.15, 0.2) is 0 Å². The second-order valence-electron chi connectivity index (χ2n) is 7.21. The Morgan fingerprint density at radius 3 is 2.09 bits per heavy atom. The molecule has 2 amide bonds. The Morgan fingerprint density at radius 1 is 0.848 bits per heavy atom. The van der Waals surface area contributed by atoms with Crippen molar-refractivity contribution in [3.63, 3.8) is 0 Å². The minimum Gasteiger partial charge on any atom is -0.406 e. The molecule has 168 valence electrons. The van der Waals surface area contributed by atoms with E-state index in [1.807, 2.05) is 6.92 Å². The first-order valence-corrected chi connectivity index (χ1v) is 9.71. The van der Waals surface area contributed by atoms with Crippen molar-refractivity contribution >= 4 is 28.8 Å². The number of benzene rings is 3. The number of nitrogens with one attached hydrogen (secondary N) is 1. The summed E-state index contributed by atoms with van der Waals surface area (Å²) in [7, 11) is 0. The van der Waals surface area contributed by atoms with Gasteiger partial charge in [0.2, 0.25) is 0 Å². The molecule has 33 heavy (non-hydrogen) atoms. The molecule has 0 bridgehead atoms. The number of anilines is 2. The van der Waals surface area contributed by atoms with Gasteiger partial charge in [0.05, 0.1) is 11.3 Å². The minimum atomic E-state index is -4.84. The van der Waals surface area contributed by atoms with Crippen LogP contribution in [0.15, 0.2) is 78.5 Å². The van der Waals surface area contributed by atoms with Gasteiger partial charge < -0.3 is 10.1 Å². The van der Waals surface area contributed by atoms with E-state index in [-0.39, 0.29) is 22.6 Å². The molecule has 0 saturated heterocycles. The lowest BCUT2D eigenvalue weighted by atomic mass is 10.0. The van der Waals surface area contributed by atoms with Gasteiger partial charge in [0.25, 0.3) is 11.8 Å². The van der Waals surface area contributed by atoms with Gasteiger partial charge in [-0.05, 0) is 48.9 Å². The number of nitrogens with zero attached hydrogens (tertiary/aromatic N) is 1. The van der Waals surface area contributed by atoms with E-state index < -0.39 is 29.7 Å². The van der Waals surface area contributed by atoms with Gasteiger partial charge in [-0.3, -0.25) is 9.59 Å². The largest absolute Gasteiger partial charge is 0.573 e. The highest BCUT2D eigenvalue weighted by Gasteiger charge is 2.41. The lowest BCUT2D eigenvalue weighted by Gasteiger charge is -2.16. The van der Waals surface area contributed by atoms with Crippen LogP contribution in [0.1, 0.15) is 11.1 Å². The molecule has 1 N–H and O–H groups in total. The Kier molecular flexibility index (Phi) is 5.63. The fourth-order valence-electron chi connectivity index (χ4n) is 3.37. The van der Waals surface area contributed by atoms with Crippen molar-refractivity contribution in [3.8, 4) is 5.75 Å². The smallest absolute Gasteiger partial charge is 0.406 e. The van der Waals surface area contributed by atoms with Gasteiger partial charge in [-0.15, -0.1) is 13.2 Å². The highest BCUT2D eigenvalue weighted by molar-refractivity contribution is 6.46. The zero-order valence-electron chi connectivity index (χ0n) is 17.1. The number of imide groups is 1. The lowest BCUT2D eigenvalue weighted by molar-refractivity contribution is -0.274. The SMILES string of the molecule is Cc1ccc(C2=C(Nc3ccc(OC(F)(F)F)cc3)C(=O)N(c3ccccc3F)C2=O)cc1. The van der Waals surface area contributed by atoms with Crippen LogP contribution in [0.3, 0.4) is 0 Å². The molecule has 0 fully saturated rings. The number of aryl methyl sites for hydroxylation is 1. The lowest BCUT2D eigenvalue weighted by Crippen LogP contribution is -2.33. The minimum absolute atomic E-state index is 0.0128. The van der Waals surface area contributed by atoms with Crippen molar-refractivity contribution < 1.29 is 31.9 Å². The molecule has 1 heterocycles. The number of carbonyl (C=O) groups is 2. The number of ether oxygens (including phenoxy) is 1. The van der Waals surface area contributed by atoms with Crippen molar-refractivity contribution in [3.05, 3.63) is 95.4 Å².